The van der Waals surface area contributed by atoms with E-state index in [0.29, 0.717) is 33.2 Å². The molecule has 0 atom stereocenters. The fraction of sp³-hybridized carbons (Fsp3) is 0.190. The van der Waals surface area contributed by atoms with E-state index < -0.39 is 10.0 Å². The standard InChI is InChI=1S/C21H20ClN5O4S2/c1-13(28)24-11-14-8-9-23-15(10-14)12-27-16-4-3-5-17(31-2)20(16)21(25-27)26-33(29,30)19-7-6-18(22)32-19/h3-10H,11-12H2,1-2H3,(H,24,28)(H,25,26). The van der Waals surface area contributed by atoms with Crippen molar-refractivity contribution >= 4 is 55.6 Å². The predicted octanol–water partition coefficient (Wildman–Crippen LogP) is 3.64. The zero-order chi connectivity index (χ0) is 23.6. The maximum Gasteiger partial charge on any atom is 0.272 e. The highest BCUT2D eigenvalue weighted by molar-refractivity contribution is 7.94. The minimum Gasteiger partial charge on any atom is -0.496 e. The van der Waals surface area contributed by atoms with Gasteiger partial charge in [0, 0.05) is 19.7 Å². The van der Waals surface area contributed by atoms with E-state index in [1.54, 1.807) is 23.0 Å². The minimum atomic E-state index is -3.89. The minimum absolute atomic E-state index is 0.0810. The number of amides is 1. The summed E-state index contributed by atoms with van der Waals surface area (Å²) in [6, 6.07) is 12.0. The maximum absolute atomic E-state index is 12.9. The summed E-state index contributed by atoms with van der Waals surface area (Å²) in [5.74, 6) is 0.497. The van der Waals surface area contributed by atoms with Crippen molar-refractivity contribution in [2.45, 2.75) is 24.2 Å². The van der Waals surface area contributed by atoms with Crippen LogP contribution in [0.4, 0.5) is 5.82 Å². The van der Waals surface area contributed by atoms with E-state index in [-0.39, 0.29) is 22.5 Å². The molecule has 33 heavy (non-hydrogen) atoms. The molecule has 1 aromatic carbocycles. The number of methoxy groups -OCH3 is 1. The van der Waals surface area contributed by atoms with Gasteiger partial charge in [0.2, 0.25) is 5.91 Å². The summed E-state index contributed by atoms with van der Waals surface area (Å²) in [6.45, 7) is 2.12. The first kappa shape index (κ1) is 23.0. The summed E-state index contributed by atoms with van der Waals surface area (Å²) in [5.41, 5.74) is 2.26. The lowest BCUT2D eigenvalue weighted by molar-refractivity contribution is -0.119. The molecule has 3 heterocycles. The Hall–Kier alpha value is -3.15. The third kappa shape index (κ3) is 5.10. The number of anilines is 1. The van der Waals surface area contributed by atoms with E-state index in [9.17, 15) is 13.2 Å². The summed E-state index contributed by atoms with van der Waals surface area (Å²) in [7, 11) is -2.38. The first-order chi connectivity index (χ1) is 15.8. The molecule has 0 bridgehead atoms. The van der Waals surface area contributed by atoms with Crippen LogP contribution in [0.3, 0.4) is 0 Å². The average molecular weight is 506 g/mol. The Morgan fingerprint density at radius 2 is 2.06 bits per heavy atom. The fourth-order valence-corrected chi connectivity index (χ4v) is 5.78. The average Bonchev–Trinajstić information content (AvgIpc) is 3.37. The van der Waals surface area contributed by atoms with Gasteiger partial charge in [0.25, 0.3) is 10.0 Å². The molecule has 9 nitrogen and oxygen atoms in total. The van der Waals surface area contributed by atoms with Crippen LogP contribution in [-0.4, -0.2) is 36.2 Å². The lowest BCUT2D eigenvalue weighted by Crippen LogP contribution is -2.19. The predicted molar refractivity (Wildman–Crippen MR) is 127 cm³/mol. The Morgan fingerprint density at radius 3 is 2.76 bits per heavy atom. The van der Waals surface area contributed by atoms with Crippen molar-refractivity contribution < 1.29 is 17.9 Å². The summed E-state index contributed by atoms with van der Waals surface area (Å²) in [5, 5.41) is 7.81. The lowest BCUT2D eigenvalue weighted by Gasteiger charge is -2.07. The molecule has 0 spiro atoms. The van der Waals surface area contributed by atoms with Crippen molar-refractivity contribution in [3.05, 3.63) is 64.3 Å². The Balaban J connectivity index is 1.72. The van der Waals surface area contributed by atoms with Crippen molar-refractivity contribution in [1.82, 2.24) is 20.1 Å². The zero-order valence-corrected chi connectivity index (χ0v) is 20.1. The molecule has 0 aliphatic carbocycles. The van der Waals surface area contributed by atoms with Crippen molar-refractivity contribution in [3.8, 4) is 5.75 Å². The molecule has 0 radical (unpaired) electrons. The van der Waals surface area contributed by atoms with Crippen LogP contribution in [0.2, 0.25) is 4.34 Å². The monoisotopic (exact) mass is 505 g/mol. The molecule has 0 saturated carbocycles. The number of carbonyl (C=O) groups is 1. The highest BCUT2D eigenvalue weighted by Gasteiger charge is 2.23. The molecule has 4 aromatic rings. The zero-order valence-electron chi connectivity index (χ0n) is 17.7. The molecule has 4 rings (SSSR count). The summed E-state index contributed by atoms with van der Waals surface area (Å²) < 4.78 is 35.9. The molecule has 12 heteroatoms. The number of nitrogens with one attached hydrogen (secondary N) is 2. The number of hydrogen-bond acceptors (Lipinski definition) is 7. The number of ether oxygens (including phenoxy) is 1. The Labute approximate surface area is 199 Å². The molecule has 2 N–H and O–H groups in total. The van der Waals surface area contributed by atoms with Gasteiger partial charge in [-0.05, 0) is 42.0 Å². The molecule has 0 aliphatic heterocycles. The lowest BCUT2D eigenvalue weighted by atomic mass is 10.2. The summed E-state index contributed by atoms with van der Waals surface area (Å²) in [6.07, 6.45) is 1.66. The number of rotatable bonds is 8. The highest BCUT2D eigenvalue weighted by Crippen LogP contribution is 2.34. The number of nitrogens with zero attached hydrogens (tertiary/aromatic N) is 3. The van der Waals surface area contributed by atoms with Crippen LogP contribution in [0, 0.1) is 0 Å². The summed E-state index contributed by atoms with van der Waals surface area (Å²) in [4.78, 5) is 15.6. The largest absolute Gasteiger partial charge is 0.496 e. The maximum atomic E-state index is 12.9. The first-order valence-electron chi connectivity index (χ1n) is 9.77. The van der Waals surface area contributed by atoms with Crippen molar-refractivity contribution in [3.63, 3.8) is 0 Å². The van der Waals surface area contributed by atoms with Gasteiger partial charge >= 0.3 is 0 Å². The topological polar surface area (TPSA) is 115 Å². The van der Waals surface area contributed by atoms with Gasteiger partial charge in [-0.3, -0.25) is 19.2 Å². The number of aromatic nitrogens is 3. The molecular formula is C21H20ClN5O4S2. The molecule has 0 saturated heterocycles. The van der Waals surface area contributed by atoms with Crippen LogP contribution in [0.15, 0.2) is 52.9 Å². The van der Waals surface area contributed by atoms with E-state index >= 15 is 0 Å². The Kier molecular flexibility index (Phi) is 6.54. The Morgan fingerprint density at radius 1 is 1.24 bits per heavy atom. The third-order valence-corrected chi connectivity index (χ3v) is 7.80. The van der Waals surface area contributed by atoms with Crippen LogP contribution in [-0.2, 0) is 27.9 Å². The molecule has 172 valence electrons. The number of sulfonamides is 1. The van der Waals surface area contributed by atoms with Gasteiger partial charge in [-0.2, -0.15) is 5.10 Å². The van der Waals surface area contributed by atoms with Crippen LogP contribution < -0.4 is 14.8 Å². The number of pyridine rings is 1. The normalized spacial score (nSPS) is 11.5. The van der Waals surface area contributed by atoms with Crippen LogP contribution in [0.5, 0.6) is 5.75 Å². The molecule has 0 fully saturated rings. The second kappa shape index (κ2) is 9.38. The van der Waals surface area contributed by atoms with Gasteiger partial charge in [-0.25, -0.2) is 8.42 Å². The van der Waals surface area contributed by atoms with Crippen LogP contribution >= 0.6 is 22.9 Å². The van der Waals surface area contributed by atoms with E-state index in [2.05, 4.69) is 20.1 Å². The van der Waals surface area contributed by atoms with Gasteiger partial charge in [0.15, 0.2) is 5.82 Å². The number of benzene rings is 1. The number of halogens is 1. The fourth-order valence-electron chi connectivity index (χ4n) is 3.28. The third-order valence-electron chi connectivity index (χ3n) is 4.74. The van der Waals surface area contributed by atoms with Crippen molar-refractivity contribution in [1.29, 1.82) is 0 Å². The van der Waals surface area contributed by atoms with Gasteiger partial charge < -0.3 is 10.1 Å². The number of carbonyl (C=O) groups excluding carboxylic acids is 1. The van der Waals surface area contributed by atoms with Gasteiger partial charge in [0.1, 0.15) is 9.96 Å². The van der Waals surface area contributed by atoms with Crippen molar-refractivity contribution in [2.75, 3.05) is 11.8 Å². The SMILES string of the molecule is COc1cccc2c1c(NS(=O)(=O)c1ccc(Cl)s1)nn2Cc1cc(CNC(C)=O)ccn1. The van der Waals surface area contributed by atoms with E-state index in [1.807, 2.05) is 18.2 Å². The first-order valence-corrected chi connectivity index (χ1v) is 12.4. The smallest absolute Gasteiger partial charge is 0.272 e. The van der Waals surface area contributed by atoms with Crippen molar-refractivity contribution in [2.24, 2.45) is 0 Å². The highest BCUT2D eigenvalue weighted by atomic mass is 35.5. The molecule has 0 unspecified atom stereocenters. The van der Waals surface area contributed by atoms with Crippen LogP contribution in [0.25, 0.3) is 10.9 Å². The molecule has 1 amide bonds. The second-order valence-corrected chi connectivity index (χ2v) is 10.7. The molecule has 3 aromatic heterocycles. The quantitative estimate of drug-likeness (QED) is 0.378. The second-order valence-electron chi connectivity index (χ2n) is 7.09. The number of hydrogen-bond donors (Lipinski definition) is 2. The number of thiophene rings is 1. The van der Waals surface area contributed by atoms with E-state index in [4.69, 9.17) is 16.3 Å². The summed E-state index contributed by atoms with van der Waals surface area (Å²) >= 11 is 6.87. The van der Waals surface area contributed by atoms with E-state index in [1.165, 1.54) is 26.2 Å². The van der Waals surface area contributed by atoms with Gasteiger partial charge in [-0.1, -0.05) is 17.7 Å². The van der Waals surface area contributed by atoms with Gasteiger partial charge in [-0.15, -0.1) is 11.3 Å². The number of fused-ring (bicyclic) bond motifs is 1. The van der Waals surface area contributed by atoms with Gasteiger partial charge in [0.05, 0.1) is 34.6 Å². The Bertz CT molecular complexity index is 1430. The van der Waals surface area contributed by atoms with E-state index in [0.717, 1.165) is 16.9 Å². The molecule has 0 aliphatic rings. The molecular weight excluding hydrogens is 486 g/mol. The van der Waals surface area contributed by atoms with Crippen LogP contribution in [0.1, 0.15) is 18.2 Å².